The highest BCUT2D eigenvalue weighted by atomic mass is 16.4. The van der Waals surface area contributed by atoms with Gasteiger partial charge in [-0.05, 0) is 41.7 Å². The molecule has 3 heteroatoms. The molecule has 1 N–H and O–H groups in total. The molecule has 1 atom stereocenters. The van der Waals surface area contributed by atoms with Crippen LogP contribution in [0.1, 0.15) is 28.3 Å². The molecule has 1 heterocycles. The van der Waals surface area contributed by atoms with E-state index in [4.69, 9.17) is 4.42 Å². The van der Waals surface area contributed by atoms with Crippen LogP contribution in [0.25, 0.3) is 11.0 Å². The Hall–Kier alpha value is -3.17. The van der Waals surface area contributed by atoms with Gasteiger partial charge in [0.25, 0.3) is 0 Å². The summed E-state index contributed by atoms with van der Waals surface area (Å²) in [5.41, 5.74) is 4.87. The fourth-order valence-corrected chi connectivity index (χ4v) is 3.56. The van der Waals surface area contributed by atoms with Gasteiger partial charge >= 0.3 is 5.63 Å². The summed E-state index contributed by atoms with van der Waals surface area (Å²) in [7, 11) is 0. The van der Waals surface area contributed by atoms with Crippen LogP contribution in [-0.2, 0) is 13.0 Å². The average molecular weight is 369 g/mol. The van der Waals surface area contributed by atoms with Gasteiger partial charge in [0.1, 0.15) is 5.58 Å². The first kappa shape index (κ1) is 18.2. The second-order valence-electron chi connectivity index (χ2n) is 7.12. The third kappa shape index (κ3) is 4.21. The summed E-state index contributed by atoms with van der Waals surface area (Å²) in [4.78, 5) is 12.0. The average Bonchev–Trinajstić information content (AvgIpc) is 2.72. The summed E-state index contributed by atoms with van der Waals surface area (Å²) < 4.78 is 5.39. The Kier molecular flexibility index (Phi) is 5.36. The van der Waals surface area contributed by atoms with Crippen molar-refractivity contribution < 1.29 is 4.42 Å². The number of rotatable bonds is 6. The Labute approximate surface area is 164 Å². The Balaban J connectivity index is 1.63. The highest BCUT2D eigenvalue weighted by molar-refractivity contribution is 5.80. The van der Waals surface area contributed by atoms with E-state index in [9.17, 15) is 4.79 Å². The normalized spacial score (nSPS) is 12.2. The van der Waals surface area contributed by atoms with E-state index in [1.807, 2.05) is 37.3 Å². The number of benzene rings is 3. The van der Waals surface area contributed by atoms with Crippen molar-refractivity contribution in [1.82, 2.24) is 5.32 Å². The van der Waals surface area contributed by atoms with Crippen LogP contribution in [0, 0.1) is 6.92 Å². The lowest BCUT2D eigenvalue weighted by atomic mass is 9.98. The van der Waals surface area contributed by atoms with Crippen molar-refractivity contribution in [2.75, 3.05) is 0 Å². The molecule has 0 bridgehead atoms. The fourth-order valence-electron chi connectivity index (χ4n) is 3.56. The quantitative estimate of drug-likeness (QED) is 0.477. The Morgan fingerprint density at radius 3 is 2.36 bits per heavy atom. The molecule has 0 aliphatic rings. The van der Waals surface area contributed by atoms with Crippen molar-refractivity contribution in [3.63, 3.8) is 0 Å². The molecule has 4 rings (SSSR count). The van der Waals surface area contributed by atoms with Crippen molar-refractivity contribution in [1.29, 1.82) is 0 Å². The molecule has 0 aliphatic heterocycles. The van der Waals surface area contributed by atoms with Crippen molar-refractivity contribution in [3.8, 4) is 0 Å². The van der Waals surface area contributed by atoms with Crippen LogP contribution in [0.4, 0.5) is 0 Å². The second kappa shape index (κ2) is 8.24. The van der Waals surface area contributed by atoms with E-state index in [1.54, 1.807) is 6.07 Å². The minimum absolute atomic E-state index is 0.149. The van der Waals surface area contributed by atoms with Crippen LogP contribution in [0.15, 0.2) is 94.1 Å². The van der Waals surface area contributed by atoms with Gasteiger partial charge in [0, 0.05) is 24.0 Å². The van der Waals surface area contributed by atoms with Gasteiger partial charge in [-0.2, -0.15) is 0 Å². The lowest BCUT2D eigenvalue weighted by Gasteiger charge is -2.20. The highest BCUT2D eigenvalue weighted by Crippen LogP contribution is 2.22. The number of fused-ring (bicyclic) bond motifs is 1. The zero-order valence-corrected chi connectivity index (χ0v) is 15.9. The maximum Gasteiger partial charge on any atom is 0.336 e. The van der Waals surface area contributed by atoms with Gasteiger partial charge in [0.2, 0.25) is 0 Å². The predicted octanol–water partition coefficient (Wildman–Crippen LogP) is 5.18. The summed E-state index contributed by atoms with van der Waals surface area (Å²) in [6.07, 6.45) is 0.878. The van der Waals surface area contributed by atoms with Crippen LogP contribution in [0.5, 0.6) is 0 Å². The summed E-state index contributed by atoms with van der Waals surface area (Å²) in [6, 6.07) is 28.6. The van der Waals surface area contributed by atoms with E-state index in [0.29, 0.717) is 12.1 Å². The second-order valence-corrected chi connectivity index (χ2v) is 7.12. The molecule has 3 nitrogen and oxygen atoms in total. The first-order chi connectivity index (χ1) is 13.7. The molecule has 0 spiro atoms. The molecule has 0 fully saturated rings. The number of nitrogens with one attached hydrogen (secondary N) is 1. The molecule has 4 aromatic rings. The number of hydrogen-bond acceptors (Lipinski definition) is 3. The maximum atomic E-state index is 12.0. The largest absolute Gasteiger partial charge is 0.423 e. The fraction of sp³-hybridized carbons (Fsp3) is 0.160. The van der Waals surface area contributed by atoms with Gasteiger partial charge in [-0.15, -0.1) is 0 Å². The van der Waals surface area contributed by atoms with E-state index in [2.05, 4.69) is 53.8 Å². The van der Waals surface area contributed by atoms with Crippen LogP contribution in [0.2, 0.25) is 0 Å². The minimum Gasteiger partial charge on any atom is -0.423 e. The van der Waals surface area contributed by atoms with Crippen LogP contribution >= 0.6 is 0 Å². The maximum absolute atomic E-state index is 12.0. The van der Waals surface area contributed by atoms with Gasteiger partial charge in [-0.25, -0.2) is 4.79 Å². The molecule has 0 amide bonds. The SMILES string of the molecule is Cc1ccc2c(CNC(Cc3ccccc3)c3ccccc3)cc(=O)oc2c1. The molecule has 0 radical (unpaired) electrons. The van der Waals surface area contributed by atoms with E-state index in [-0.39, 0.29) is 11.7 Å². The standard InChI is InChI=1S/C25H23NO2/c1-18-12-13-22-21(16-25(27)28-24(22)14-18)17-26-23(20-10-6-3-7-11-20)15-19-8-4-2-5-9-19/h2-14,16,23,26H,15,17H2,1H3. The predicted molar refractivity (Wildman–Crippen MR) is 113 cm³/mol. The smallest absolute Gasteiger partial charge is 0.336 e. The first-order valence-electron chi connectivity index (χ1n) is 9.55. The molecule has 1 unspecified atom stereocenters. The summed E-state index contributed by atoms with van der Waals surface area (Å²) >= 11 is 0. The molecule has 3 aromatic carbocycles. The highest BCUT2D eigenvalue weighted by Gasteiger charge is 2.13. The molecule has 0 aliphatic carbocycles. The van der Waals surface area contributed by atoms with Gasteiger partial charge in [0.05, 0.1) is 0 Å². The van der Waals surface area contributed by atoms with Crippen LogP contribution < -0.4 is 10.9 Å². The number of hydrogen-bond donors (Lipinski definition) is 1. The van der Waals surface area contributed by atoms with Gasteiger partial charge in [-0.3, -0.25) is 0 Å². The third-order valence-electron chi connectivity index (χ3n) is 5.01. The Morgan fingerprint density at radius 1 is 0.893 bits per heavy atom. The summed E-state index contributed by atoms with van der Waals surface area (Å²) in [6.45, 7) is 2.59. The molecule has 28 heavy (non-hydrogen) atoms. The van der Waals surface area contributed by atoms with E-state index in [0.717, 1.165) is 22.9 Å². The Bertz CT molecular complexity index is 1120. The zero-order valence-electron chi connectivity index (χ0n) is 15.9. The van der Waals surface area contributed by atoms with Crippen LogP contribution in [-0.4, -0.2) is 0 Å². The zero-order chi connectivity index (χ0) is 19.3. The van der Waals surface area contributed by atoms with E-state index < -0.39 is 0 Å². The van der Waals surface area contributed by atoms with E-state index >= 15 is 0 Å². The van der Waals surface area contributed by atoms with Crippen molar-refractivity contribution in [3.05, 3.63) is 118 Å². The monoisotopic (exact) mass is 369 g/mol. The van der Waals surface area contributed by atoms with Crippen molar-refractivity contribution in [2.45, 2.75) is 25.9 Å². The van der Waals surface area contributed by atoms with Crippen molar-refractivity contribution >= 4 is 11.0 Å². The third-order valence-corrected chi connectivity index (χ3v) is 5.01. The molecular weight excluding hydrogens is 346 g/mol. The van der Waals surface area contributed by atoms with Gasteiger partial charge < -0.3 is 9.73 Å². The lowest BCUT2D eigenvalue weighted by Crippen LogP contribution is -2.23. The molecule has 1 aromatic heterocycles. The summed E-state index contributed by atoms with van der Waals surface area (Å²) in [5, 5.41) is 4.63. The molecule has 0 saturated heterocycles. The summed E-state index contributed by atoms with van der Waals surface area (Å²) in [5.74, 6) is 0. The topological polar surface area (TPSA) is 42.2 Å². The minimum atomic E-state index is -0.311. The molecular formula is C25H23NO2. The molecule has 0 saturated carbocycles. The van der Waals surface area contributed by atoms with E-state index in [1.165, 1.54) is 11.1 Å². The molecule has 140 valence electrons. The van der Waals surface area contributed by atoms with Crippen molar-refractivity contribution in [2.24, 2.45) is 0 Å². The van der Waals surface area contributed by atoms with Crippen LogP contribution in [0.3, 0.4) is 0 Å². The Morgan fingerprint density at radius 2 is 1.61 bits per heavy atom. The lowest BCUT2D eigenvalue weighted by molar-refractivity contribution is 0.524. The first-order valence-corrected chi connectivity index (χ1v) is 9.55. The van der Waals surface area contributed by atoms with Gasteiger partial charge in [-0.1, -0.05) is 72.8 Å². The van der Waals surface area contributed by atoms with Gasteiger partial charge in [0.15, 0.2) is 0 Å². The number of aryl methyl sites for hydroxylation is 1.